The molecule has 0 bridgehead atoms. The van der Waals surface area contributed by atoms with E-state index in [9.17, 15) is 0 Å². The van der Waals surface area contributed by atoms with Crippen LogP contribution in [-0.2, 0) is 0 Å². The van der Waals surface area contributed by atoms with E-state index in [4.69, 9.17) is 0 Å². The van der Waals surface area contributed by atoms with Crippen LogP contribution >= 0.6 is 0 Å². The summed E-state index contributed by atoms with van der Waals surface area (Å²) in [5.74, 6) is 0. The normalized spacial score (nSPS) is 7.62. The van der Waals surface area contributed by atoms with Gasteiger partial charge in [0, 0.05) is 0 Å². The van der Waals surface area contributed by atoms with Crippen molar-refractivity contribution in [3.8, 4) is 0 Å². The van der Waals surface area contributed by atoms with E-state index in [1.807, 2.05) is 30.3 Å². The topological polar surface area (TPSA) is 0 Å². The Kier molecular flexibility index (Phi) is 4.25. The van der Waals surface area contributed by atoms with Gasteiger partial charge in [-0.1, -0.05) is 30.3 Å². The first-order valence-corrected chi connectivity index (χ1v) is 2.26. The molecule has 0 N–H and O–H groups in total. The molecule has 1 radical (unpaired) electrons. The Labute approximate surface area is 72.2 Å². The van der Waals surface area contributed by atoms with Crippen LogP contribution in [0.15, 0.2) is 30.3 Å². The summed E-state index contributed by atoms with van der Waals surface area (Å²) in [4.78, 5) is 0. The van der Waals surface area contributed by atoms with Gasteiger partial charge >= 0.3 is 29.6 Å². The van der Waals surface area contributed by atoms with Crippen LogP contribution in [0, 0.1) is 6.92 Å². The summed E-state index contributed by atoms with van der Waals surface area (Å²) in [5.41, 5.74) is 1.07. The fourth-order valence-corrected chi connectivity index (χ4v) is 0.478. The molecule has 37 valence electrons. The van der Waals surface area contributed by atoms with Gasteiger partial charge in [-0.15, -0.1) is 0 Å². The molecule has 0 amide bonds. The number of hydrogen-bond acceptors (Lipinski definition) is 0. The fourth-order valence-electron chi connectivity index (χ4n) is 0.478. The third kappa shape index (κ3) is 2.51. The van der Waals surface area contributed by atoms with Gasteiger partial charge in [0.05, 0.1) is 0 Å². The molecule has 0 aromatic heterocycles. The molecule has 0 atom stereocenters. The van der Waals surface area contributed by atoms with Crippen molar-refractivity contribution in [3.05, 3.63) is 42.8 Å². The Hall–Kier alpha value is 0.220. The van der Waals surface area contributed by atoms with E-state index in [1.165, 1.54) is 0 Å². The Morgan fingerprint density at radius 1 is 1.00 bits per heavy atom. The summed E-state index contributed by atoms with van der Waals surface area (Å²) >= 11 is 0. The Balaban J connectivity index is 0.000000490. The standard InChI is InChI=1S/C7H7.Na.H/c1-7-5-3-2-4-6-7;;/h2-6H,1H2;;. The second-order valence-corrected chi connectivity index (χ2v) is 1.49. The van der Waals surface area contributed by atoms with Crippen LogP contribution in [0.3, 0.4) is 0 Å². The summed E-state index contributed by atoms with van der Waals surface area (Å²) < 4.78 is 0. The predicted molar refractivity (Wildman–Crippen MR) is 38.1 cm³/mol. The van der Waals surface area contributed by atoms with Crippen molar-refractivity contribution in [2.45, 2.75) is 0 Å². The molecule has 1 rings (SSSR count). The zero-order chi connectivity index (χ0) is 5.11. The molecule has 1 aromatic rings. The number of rotatable bonds is 0. The summed E-state index contributed by atoms with van der Waals surface area (Å²) in [6.45, 7) is 3.72. The van der Waals surface area contributed by atoms with Gasteiger partial charge in [0.1, 0.15) is 0 Å². The van der Waals surface area contributed by atoms with Crippen molar-refractivity contribution in [2.24, 2.45) is 0 Å². The van der Waals surface area contributed by atoms with Gasteiger partial charge in [0.15, 0.2) is 0 Å². The molecule has 0 saturated heterocycles. The number of hydrogen-bond donors (Lipinski definition) is 0. The molecule has 0 aliphatic heterocycles. The molecule has 0 aliphatic rings. The molecule has 0 unspecified atom stereocenters. The summed E-state index contributed by atoms with van der Waals surface area (Å²) in [7, 11) is 0. The Morgan fingerprint density at radius 3 is 1.75 bits per heavy atom. The van der Waals surface area contributed by atoms with Crippen molar-refractivity contribution in [1.82, 2.24) is 0 Å². The zero-order valence-corrected chi connectivity index (χ0v) is 4.09. The van der Waals surface area contributed by atoms with E-state index in [2.05, 4.69) is 6.92 Å². The van der Waals surface area contributed by atoms with Crippen LogP contribution in [0.4, 0.5) is 0 Å². The van der Waals surface area contributed by atoms with Gasteiger partial charge < -0.3 is 0 Å². The van der Waals surface area contributed by atoms with Crippen LogP contribution in [0.5, 0.6) is 0 Å². The maximum atomic E-state index is 3.72. The van der Waals surface area contributed by atoms with Crippen LogP contribution in [0.1, 0.15) is 5.56 Å². The molecule has 0 heterocycles. The van der Waals surface area contributed by atoms with Crippen LogP contribution < -0.4 is 0 Å². The molecule has 0 nitrogen and oxygen atoms in total. The van der Waals surface area contributed by atoms with Crippen LogP contribution in [0.25, 0.3) is 0 Å². The predicted octanol–water partition coefficient (Wildman–Crippen LogP) is 1.22. The van der Waals surface area contributed by atoms with Gasteiger partial charge in [-0.3, -0.25) is 0 Å². The summed E-state index contributed by atoms with van der Waals surface area (Å²) in [6.07, 6.45) is 0. The van der Waals surface area contributed by atoms with Crippen LogP contribution in [0.2, 0.25) is 0 Å². The van der Waals surface area contributed by atoms with E-state index >= 15 is 0 Å². The van der Waals surface area contributed by atoms with E-state index in [0.29, 0.717) is 0 Å². The summed E-state index contributed by atoms with van der Waals surface area (Å²) in [6, 6.07) is 9.87. The molecule has 0 fully saturated rings. The Morgan fingerprint density at radius 2 is 1.50 bits per heavy atom. The van der Waals surface area contributed by atoms with Gasteiger partial charge in [0.25, 0.3) is 0 Å². The first kappa shape index (κ1) is 8.22. The average Bonchev–Trinajstić information content (AvgIpc) is 1.69. The second kappa shape index (κ2) is 4.13. The van der Waals surface area contributed by atoms with Crippen molar-refractivity contribution in [1.29, 1.82) is 0 Å². The maximum absolute atomic E-state index is 3.72. The molecular formula is C7H8Na. The first-order valence-electron chi connectivity index (χ1n) is 2.26. The quantitative estimate of drug-likeness (QED) is 0.446. The summed E-state index contributed by atoms with van der Waals surface area (Å²) in [5, 5.41) is 0. The minimum atomic E-state index is 0. The van der Waals surface area contributed by atoms with E-state index < -0.39 is 0 Å². The van der Waals surface area contributed by atoms with Gasteiger partial charge in [-0.05, 0) is 12.5 Å². The average molecular weight is 115 g/mol. The van der Waals surface area contributed by atoms with Crippen molar-refractivity contribution in [3.63, 3.8) is 0 Å². The molecule has 8 heavy (non-hydrogen) atoms. The van der Waals surface area contributed by atoms with Gasteiger partial charge in [-0.25, -0.2) is 0 Å². The zero-order valence-electron chi connectivity index (χ0n) is 4.09. The fraction of sp³-hybridized carbons (Fsp3) is 0. The molecular weight excluding hydrogens is 107 g/mol. The molecule has 1 heteroatoms. The third-order valence-electron chi connectivity index (χ3n) is 0.843. The van der Waals surface area contributed by atoms with Crippen molar-refractivity contribution in [2.75, 3.05) is 0 Å². The van der Waals surface area contributed by atoms with Crippen molar-refractivity contribution >= 4 is 29.6 Å². The molecule has 0 saturated carbocycles. The third-order valence-corrected chi connectivity index (χ3v) is 0.843. The SMILES string of the molecule is [CH2]c1ccccc1.[NaH]. The second-order valence-electron chi connectivity index (χ2n) is 1.49. The Bertz CT molecular complexity index is 134. The molecule has 0 spiro atoms. The number of benzene rings is 1. The van der Waals surface area contributed by atoms with Gasteiger partial charge in [-0.2, -0.15) is 0 Å². The van der Waals surface area contributed by atoms with E-state index in [0.717, 1.165) is 5.56 Å². The van der Waals surface area contributed by atoms with Gasteiger partial charge in [0.2, 0.25) is 0 Å². The minimum absolute atomic E-state index is 0. The van der Waals surface area contributed by atoms with Crippen molar-refractivity contribution < 1.29 is 0 Å². The van der Waals surface area contributed by atoms with Crippen LogP contribution in [-0.4, -0.2) is 29.6 Å². The molecule has 0 aliphatic carbocycles. The first-order chi connectivity index (χ1) is 3.39. The van der Waals surface area contributed by atoms with E-state index in [1.54, 1.807) is 0 Å². The molecule has 1 aromatic carbocycles. The monoisotopic (exact) mass is 115 g/mol. The van der Waals surface area contributed by atoms with E-state index in [-0.39, 0.29) is 29.6 Å².